The Bertz CT molecular complexity index is 605. The van der Waals surface area contributed by atoms with E-state index >= 15 is 0 Å². The Balaban J connectivity index is 1.61. The Kier molecular flexibility index (Phi) is 3.98. The van der Waals surface area contributed by atoms with Crippen LogP contribution in [0.1, 0.15) is 16.1 Å². The minimum absolute atomic E-state index is 0.0148. The standard InChI is InChI=1S/C13H12BrN3O2S/c14-9-5-11(20-8-9)13(18)17-4-1-10(7-17)19-12-6-15-2-3-16-12/h2-3,5-6,8,10H,1,4,7H2. The first-order valence-corrected chi connectivity index (χ1v) is 7.85. The van der Waals surface area contributed by atoms with E-state index in [0.717, 1.165) is 15.8 Å². The molecule has 20 heavy (non-hydrogen) atoms. The molecule has 1 amide bonds. The number of hydrogen-bond donors (Lipinski definition) is 0. The fraction of sp³-hybridized carbons (Fsp3) is 0.308. The lowest BCUT2D eigenvalue weighted by atomic mass is 10.3. The first kappa shape index (κ1) is 13.5. The first-order valence-electron chi connectivity index (χ1n) is 6.18. The lowest BCUT2D eigenvalue weighted by molar-refractivity contribution is 0.0776. The highest BCUT2D eigenvalue weighted by molar-refractivity contribution is 9.10. The molecule has 0 aromatic carbocycles. The quantitative estimate of drug-likeness (QED) is 0.850. The van der Waals surface area contributed by atoms with Crippen LogP contribution in [0.2, 0.25) is 0 Å². The average Bonchev–Trinajstić information content (AvgIpc) is 3.08. The maximum atomic E-state index is 12.3. The smallest absolute Gasteiger partial charge is 0.264 e. The summed E-state index contributed by atoms with van der Waals surface area (Å²) >= 11 is 4.81. The zero-order valence-corrected chi connectivity index (χ0v) is 12.9. The fourth-order valence-corrected chi connectivity index (χ4v) is 3.50. The Morgan fingerprint density at radius 3 is 3.10 bits per heavy atom. The number of rotatable bonds is 3. The predicted octanol–water partition coefficient (Wildman–Crippen LogP) is 2.59. The van der Waals surface area contributed by atoms with Gasteiger partial charge in [-0.25, -0.2) is 4.98 Å². The molecule has 0 N–H and O–H groups in total. The van der Waals surface area contributed by atoms with Crippen LogP contribution in [0.4, 0.5) is 0 Å². The van der Waals surface area contributed by atoms with E-state index in [-0.39, 0.29) is 12.0 Å². The van der Waals surface area contributed by atoms with Crippen LogP contribution in [-0.2, 0) is 0 Å². The molecular weight excluding hydrogens is 342 g/mol. The van der Waals surface area contributed by atoms with Crippen molar-refractivity contribution in [3.05, 3.63) is 39.4 Å². The van der Waals surface area contributed by atoms with Crippen LogP contribution in [0.3, 0.4) is 0 Å². The van der Waals surface area contributed by atoms with Crippen molar-refractivity contribution in [1.82, 2.24) is 14.9 Å². The maximum Gasteiger partial charge on any atom is 0.264 e. The van der Waals surface area contributed by atoms with E-state index in [2.05, 4.69) is 25.9 Å². The minimum Gasteiger partial charge on any atom is -0.471 e. The van der Waals surface area contributed by atoms with E-state index in [4.69, 9.17) is 4.74 Å². The normalized spacial score (nSPS) is 18.2. The zero-order chi connectivity index (χ0) is 13.9. The summed E-state index contributed by atoms with van der Waals surface area (Å²) in [6, 6.07) is 1.85. The third kappa shape index (κ3) is 2.99. The van der Waals surface area contributed by atoms with Gasteiger partial charge in [0.25, 0.3) is 5.91 Å². The van der Waals surface area contributed by atoms with Crippen LogP contribution >= 0.6 is 27.3 Å². The van der Waals surface area contributed by atoms with E-state index in [1.54, 1.807) is 18.6 Å². The van der Waals surface area contributed by atoms with Crippen LogP contribution < -0.4 is 4.74 Å². The van der Waals surface area contributed by atoms with Crippen molar-refractivity contribution in [2.45, 2.75) is 12.5 Å². The van der Waals surface area contributed by atoms with Crippen molar-refractivity contribution in [2.24, 2.45) is 0 Å². The van der Waals surface area contributed by atoms with Gasteiger partial charge in [0, 0.05) is 35.2 Å². The van der Waals surface area contributed by atoms with Crippen LogP contribution in [-0.4, -0.2) is 40.0 Å². The van der Waals surface area contributed by atoms with Crippen molar-refractivity contribution in [2.75, 3.05) is 13.1 Å². The molecule has 104 valence electrons. The molecule has 0 saturated carbocycles. The van der Waals surface area contributed by atoms with Gasteiger partial charge in [0.1, 0.15) is 6.10 Å². The molecule has 0 bridgehead atoms. The van der Waals surface area contributed by atoms with Gasteiger partial charge in [0.15, 0.2) is 0 Å². The van der Waals surface area contributed by atoms with Gasteiger partial charge in [-0.3, -0.25) is 9.78 Å². The van der Waals surface area contributed by atoms with Crippen molar-refractivity contribution >= 4 is 33.2 Å². The lowest BCUT2D eigenvalue weighted by Crippen LogP contribution is -2.30. The van der Waals surface area contributed by atoms with Gasteiger partial charge in [0.05, 0.1) is 17.6 Å². The highest BCUT2D eigenvalue weighted by Gasteiger charge is 2.29. The summed E-state index contributed by atoms with van der Waals surface area (Å²) in [7, 11) is 0. The number of ether oxygens (including phenoxy) is 1. The molecule has 1 unspecified atom stereocenters. The molecule has 1 saturated heterocycles. The Morgan fingerprint density at radius 1 is 1.50 bits per heavy atom. The highest BCUT2D eigenvalue weighted by Crippen LogP contribution is 2.24. The molecule has 5 nitrogen and oxygen atoms in total. The van der Waals surface area contributed by atoms with Gasteiger partial charge in [0.2, 0.25) is 5.88 Å². The molecular formula is C13H12BrN3O2S. The second-order valence-corrected chi connectivity index (χ2v) is 6.28. The average molecular weight is 354 g/mol. The number of nitrogens with zero attached hydrogens (tertiary/aromatic N) is 3. The summed E-state index contributed by atoms with van der Waals surface area (Å²) in [5.41, 5.74) is 0. The van der Waals surface area contributed by atoms with Gasteiger partial charge >= 0.3 is 0 Å². The SMILES string of the molecule is O=C(c1cc(Br)cs1)N1CCC(Oc2cnccn2)C1. The van der Waals surface area contributed by atoms with Crippen molar-refractivity contribution in [3.63, 3.8) is 0 Å². The summed E-state index contributed by atoms with van der Waals surface area (Å²) in [5.74, 6) is 0.566. The molecule has 0 spiro atoms. The number of thiophene rings is 1. The molecule has 1 atom stereocenters. The summed E-state index contributed by atoms with van der Waals surface area (Å²) in [5, 5.41) is 1.91. The van der Waals surface area contributed by atoms with Crippen molar-refractivity contribution in [1.29, 1.82) is 0 Å². The van der Waals surface area contributed by atoms with Crippen LogP contribution in [0, 0.1) is 0 Å². The molecule has 1 fully saturated rings. The van der Waals surface area contributed by atoms with Gasteiger partial charge in [-0.05, 0) is 22.0 Å². The summed E-state index contributed by atoms with van der Waals surface area (Å²) < 4.78 is 6.67. The number of amides is 1. The van der Waals surface area contributed by atoms with Gasteiger partial charge < -0.3 is 9.64 Å². The third-order valence-corrected chi connectivity index (χ3v) is 4.72. The lowest BCUT2D eigenvalue weighted by Gasteiger charge is -2.15. The second kappa shape index (κ2) is 5.88. The zero-order valence-electron chi connectivity index (χ0n) is 10.5. The van der Waals surface area contributed by atoms with E-state index < -0.39 is 0 Å². The summed E-state index contributed by atoms with van der Waals surface area (Å²) in [6.07, 6.45) is 5.58. The van der Waals surface area contributed by atoms with Crippen molar-refractivity contribution in [3.8, 4) is 5.88 Å². The van der Waals surface area contributed by atoms with Crippen LogP contribution in [0.25, 0.3) is 0 Å². The van der Waals surface area contributed by atoms with Gasteiger partial charge in [-0.2, -0.15) is 0 Å². The molecule has 1 aliphatic rings. The summed E-state index contributed by atoms with van der Waals surface area (Å²) in [6.45, 7) is 1.30. The monoisotopic (exact) mass is 353 g/mol. The third-order valence-electron chi connectivity index (χ3n) is 3.04. The number of hydrogen-bond acceptors (Lipinski definition) is 5. The number of aromatic nitrogens is 2. The Labute approximate surface area is 128 Å². The molecule has 2 aromatic rings. The van der Waals surface area contributed by atoms with E-state index in [1.807, 2.05) is 16.3 Å². The maximum absolute atomic E-state index is 12.3. The molecule has 7 heteroatoms. The number of carbonyl (C=O) groups is 1. The molecule has 3 rings (SSSR count). The molecule has 0 radical (unpaired) electrons. The largest absolute Gasteiger partial charge is 0.471 e. The predicted molar refractivity (Wildman–Crippen MR) is 79.0 cm³/mol. The van der Waals surface area contributed by atoms with E-state index in [0.29, 0.717) is 19.0 Å². The Hall–Kier alpha value is -1.47. The topological polar surface area (TPSA) is 55.3 Å². The van der Waals surface area contributed by atoms with Gasteiger partial charge in [-0.15, -0.1) is 11.3 Å². The summed E-state index contributed by atoms with van der Waals surface area (Å²) in [4.78, 5) is 22.9. The fourth-order valence-electron chi connectivity index (χ4n) is 2.11. The Morgan fingerprint density at radius 2 is 2.40 bits per heavy atom. The first-order chi connectivity index (χ1) is 9.72. The minimum atomic E-state index is -0.0148. The van der Waals surface area contributed by atoms with Crippen LogP contribution in [0.5, 0.6) is 5.88 Å². The molecule has 3 heterocycles. The molecule has 1 aliphatic heterocycles. The second-order valence-electron chi connectivity index (χ2n) is 4.45. The van der Waals surface area contributed by atoms with Crippen molar-refractivity contribution < 1.29 is 9.53 Å². The molecule has 2 aromatic heterocycles. The number of likely N-dealkylation sites (tertiary alicyclic amines) is 1. The highest BCUT2D eigenvalue weighted by atomic mass is 79.9. The molecule has 0 aliphatic carbocycles. The van der Waals surface area contributed by atoms with Gasteiger partial charge in [-0.1, -0.05) is 0 Å². The number of halogens is 1. The van der Waals surface area contributed by atoms with E-state index in [9.17, 15) is 4.79 Å². The number of carbonyl (C=O) groups excluding carboxylic acids is 1. The van der Waals surface area contributed by atoms with E-state index in [1.165, 1.54) is 11.3 Å². The van der Waals surface area contributed by atoms with Crippen LogP contribution in [0.15, 0.2) is 34.5 Å².